The second-order valence-electron chi connectivity index (χ2n) is 18.0. The summed E-state index contributed by atoms with van der Waals surface area (Å²) in [4.78, 5) is 80.7. The van der Waals surface area contributed by atoms with E-state index in [1.807, 2.05) is 13.8 Å². The molecule has 2 aliphatic heterocycles. The van der Waals surface area contributed by atoms with Crippen LogP contribution >= 0.6 is 0 Å². The van der Waals surface area contributed by atoms with Gasteiger partial charge in [0, 0.05) is 49.4 Å². The van der Waals surface area contributed by atoms with Crippen LogP contribution in [0.2, 0.25) is 0 Å². The zero-order chi connectivity index (χ0) is 42.8. The van der Waals surface area contributed by atoms with Gasteiger partial charge in [-0.3, -0.25) is 44.3 Å². The van der Waals surface area contributed by atoms with E-state index in [-0.39, 0.29) is 53.8 Å². The van der Waals surface area contributed by atoms with Crippen LogP contribution in [0.15, 0.2) is 36.0 Å². The Bertz CT molecular complexity index is 1490. The number of nitrogens with zero attached hydrogens (tertiary/aromatic N) is 1. The van der Waals surface area contributed by atoms with Crippen LogP contribution in [0.25, 0.3) is 0 Å². The number of allylic oxidation sites excluding steroid dienone is 4. The van der Waals surface area contributed by atoms with Crippen molar-refractivity contribution in [2.45, 2.75) is 211 Å². The Morgan fingerprint density at radius 1 is 0.879 bits per heavy atom. The summed E-state index contributed by atoms with van der Waals surface area (Å²) in [6, 6.07) is 0. The summed E-state index contributed by atoms with van der Waals surface area (Å²) in [5.41, 5.74) is 5.14. The van der Waals surface area contributed by atoms with Gasteiger partial charge in [0.1, 0.15) is 5.78 Å². The number of ketones is 4. The number of Topliss-reactive ketones (excluding diaryl/α,β-unsaturated/α-hetero) is 4. The van der Waals surface area contributed by atoms with Gasteiger partial charge < -0.3 is 5.73 Å². The quantitative estimate of drug-likeness (QED) is 0.0448. The molecule has 0 spiro atoms. The number of carbonyl (C=O) groups excluding carboxylic acids is 6. The standard InChI is InChI=1S/C48H78N4O6/c1-7-12-19-29-45(6,50-35-42(56)47(49,30-20-13-8-2)31-27-38(39(53)10-4)33-37-22-16-14-17-23-37)41(55)34-46(11-5)36-48(51-46,28-9-3)40(54)24-18-15-21-32-52-43(57)25-26-44(52)58/h14,16,22,25-26,38,50-51H,7-13,15,17-21,23-24,27-36,49H2,1-6H3. The molecular weight excluding hydrogens is 729 g/mol. The Labute approximate surface area is 350 Å². The van der Waals surface area contributed by atoms with E-state index >= 15 is 0 Å². The van der Waals surface area contributed by atoms with E-state index < -0.39 is 22.2 Å². The lowest BCUT2D eigenvalue weighted by Crippen LogP contribution is -2.76. The van der Waals surface area contributed by atoms with Crippen molar-refractivity contribution in [3.63, 3.8) is 0 Å². The van der Waals surface area contributed by atoms with Gasteiger partial charge in [0.25, 0.3) is 11.8 Å². The van der Waals surface area contributed by atoms with E-state index in [0.29, 0.717) is 83.6 Å². The fraction of sp³-hybridized carbons (Fsp3) is 0.750. The maximum absolute atomic E-state index is 14.5. The van der Waals surface area contributed by atoms with Crippen LogP contribution in [-0.2, 0) is 28.8 Å². The van der Waals surface area contributed by atoms with Crippen molar-refractivity contribution in [2.24, 2.45) is 11.7 Å². The third-order valence-corrected chi connectivity index (χ3v) is 13.4. The highest BCUT2D eigenvalue weighted by atomic mass is 16.2. The first-order valence-electron chi connectivity index (χ1n) is 23.0. The Morgan fingerprint density at radius 2 is 1.55 bits per heavy atom. The van der Waals surface area contributed by atoms with E-state index in [0.717, 1.165) is 64.2 Å². The SMILES string of the molecule is CCCCCC(N)(CCC(CC1=CC=CCC1)C(=O)CC)C(=O)CNC(C)(CCCCC)C(=O)CC1(CC)CC(CCC)(C(=O)CCCCCN2C(=O)C=CC2=O)N1. The first kappa shape index (κ1) is 49.3. The highest BCUT2D eigenvalue weighted by molar-refractivity contribution is 6.12. The predicted molar refractivity (Wildman–Crippen MR) is 233 cm³/mol. The fourth-order valence-corrected chi connectivity index (χ4v) is 9.36. The monoisotopic (exact) mass is 807 g/mol. The molecule has 0 aromatic carbocycles. The number of nitrogens with one attached hydrogen (secondary N) is 2. The highest BCUT2D eigenvalue weighted by Gasteiger charge is 2.57. The van der Waals surface area contributed by atoms with Crippen molar-refractivity contribution in [3.05, 3.63) is 36.0 Å². The lowest BCUT2D eigenvalue weighted by molar-refractivity contribution is -0.140. The molecule has 3 rings (SSSR count). The maximum Gasteiger partial charge on any atom is 0.253 e. The van der Waals surface area contributed by atoms with Gasteiger partial charge in [-0.05, 0) is 84.0 Å². The van der Waals surface area contributed by atoms with Gasteiger partial charge in [0.05, 0.1) is 23.2 Å². The van der Waals surface area contributed by atoms with Crippen molar-refractivity contribution in [1.29, 1.82) is 0 Å². The Balaban J connectivity index is 1.68. The van der Waals surface area contributed by atoms with Crippen LogP contribution in [0.5, 0.6) is 0 Å². The second-order valence-corrected chi connectivity index (χ2v) is 18.0. The molecule has 5 unspecified atom stereocenters. The topological polar surface area (TPSA) is 156 Å². The van der Waals surface area contributed by atoms with Crippen molar-refractivity contribution >= 4 is 34.9 Å². The van der Waals surface area contributed by atoms with Crippen molar-refractivity contribution in [1.82, 2.24) is 15.5 Å². The summed E-state index contributed by atoms with van der Waals surface area (Å²) >= 11 is 0. The summed E-state index contributed by atoms with van der Waals surface area (Å²) in [6.07, 6.45) is 25.4. The number of carbonyl (C=O) groups is 6. The van der Waals surface area contributed by atoms with Gasteiger partial charge in [-0.2, -0.15) is 0 Å². The number of amides is 2. The molecule has 1 aliphatic carbocycles. The Hall–Kier alpha value is -3.08. The van der Waals surface area contributed by atoms with Gasteiger partial charge in [-0.1, -0.05) is 110 Å². The van der Waals surface area contributed by atoms with Gasteiger partial charge in [-0.15, -0.1) is 0 Å². The third-order valence-electron chi connectivity index (χ3n) is 13.4. The van der Waals surface area contributed by atoms with Crippen LogP contribution in [0.1, 0.15) is 189 Å². The second kappa shape index (κ2) is 23.6. The van der Waals surface area contributed by atoms with Crippen molar-refractivity contribution in [2.75, 3.05) is 13.1 Å². The summed E-state index contributed by atoms with van der Waals surface area (Å²) in [7, 11) is 0. The summed E-state index contributed by atoms with van der Waals surface area (Å²) in [5.74, 6) is -0.410. The van der Waals surface area contributed by atoms with E-state index in [2.05, 4.69) is 56.6 Å². The molecule has 0 radical (unpaired) electrons. The molecule has 10 heteroatoms. The maximum atomic E-state index is 14.5. The Morgan fingerprint density at radius 3 is 2.14 bits per heavy atom. The predicted octanol–water partition coefficient (Wildman–Crippen LogP) is 8.50. The highest BCUT2D eigenvalue weighted by Crippen LogP contribution is 2.44. The molecule has 4 N–H and O–H groups in total. The van der Waals surface area contributed by atoms with Crippen LogP contribution in [0.3, 0.4) is 0 Å². The van der Waals surface area contributed by atoms with Gasteiger partial charge >= 0.3 is 0 Å². The molecule has 10 nitrogen and oxygen atoms in total. The minimum Gasteiger partial charge on any atom is -0.319 e. The van der Waals surface area contributed by atoms with Crippen LogP contribution < -0.4 is 16.4 Å². The van der Waals surface area contributed by atoms with Crippen LogP contribution in [0.4, 0.5) is 0 Å². The average molecular weight is 807 g/mol. The van der Waals surface area contributed by atoms with Gasteiger partial charge in [-0.25, -0.2) is 0 Å². The molecule has 2 heterocycles. The molecule has 3 aliphatic rings. The molecule has 0 bridgehead atoms. The number of unbranched alkanes of at least 4 members (excludes halogenated alkanes) is 6. The lowest BCUT2D eigenvalue weighted by atomic mass is 9.62. The van der Waals surface area contributed by atoms with E-state index in [1.165, 1.54) is 22.6 Å². The van der Waals surface area contributed by atoms with Crippen LogP contribution in [-0.4, -0.2) is 75.1 Å². The summed E-state index contributed by atoms with van der Waals surface area (Å²) in [5, 5.41) is 7.15. The molecule has 0 saturated carbocycles. The zero-order valence-corrected chi connectivity index (χ0v) is 37.1. The molecule has 1 fully saturated rings. The molecule has 326 valence electrons. The average Bonchev–Trinajstić information content (AvgIpc) is 3.52. The molecule has 1 saturated heterocycles. The first-order chi connectivity index (χ1) is 27.7. The minimum atomic E-state index is -1.09. The smallest absolute Gasteiger partial charge is 0.253 e. The molecule has 0 aromatic heterocycles. The molecular formula is C48H78N4O6. The number of nitrogens with two attached hydrogens (primary N) is 1. The minimum absolute atomic E-state index is 0.0132. The molecule has 0 aromatic rings. The number of hydrogen-bond donors (Lipinski definition) is 3. The number of rotatable bonds is 32. The normalized spacial score (nSPS) is 22.9. The number of hydrogen-bond acceptors (Lipinski definition) is 9. The molecule has 2 amide bonds. The first-order valence-corrected chi connectivity index (χ1v) is 23.0. The van der Waals surface area contributed by atoms with Gasteiger partial charge in [0.2, 0.25) is 0 Å². The Kier molecular flexibility index (Phi) is 20.1. The fourth-order valence-electron chi connectivity index (χ4n) is 9.36. The summed E-state index contributed by atoms with van der Waals surface area (Å²) in [6.45, 7) is 12.6. The molecule has 5 atom stereocenters. The largest absolute Gasteiger partial charge is 0.319 e. The van der Waals surface area contributed by atoms with E-state index in [4.69, 9.17) is 5.73 Å². The van der Waals surface area contributed by atoms with Crippen LogP contribution in [0, 0.1) is 5.92 Å². The summed E-state index contributed by atoms with van der Waals surface area (Å²) < 4.78 is 0. The van der Waals surface area contributed by atoms with E-state index in [1.54, 1.807) is 0 Å². The third kappa shape index (κ3) is 13.7. The lowest BCUT2D eigenvalue weighted by Gasteiger charge is -2.57. The van der Waals surface area contributed by atoms with Crippen molar-refractivity contribution < 1.29 is 28.8 Å². The molecule has 58 heavy (non-hydrogen) atoms. The number of imide groups is 1. The van der Waals surface area contributed by atoms with E-state index in [9.17, 15) is 28.8 Å². The van der Waals surface area contributed by atoms with Gasteiger partial charge in [0.15, 0.2) is 17.3 Å². The zero-order valence-electron chi connectivity index (χ0n) is 37.1. The van der Waals surface area contributed by atoms with Crippen molar-refractivity contribution in [3.8, 4) is 0 Å².